The molecule has 1 aromatic rings. The summed E-state index contributed by atoms with van der Waals surface area (Å²) in [6, 6.07) is 10.6. The summed E-state index contributed by atoms with van der Waals surface area (Å²) in [6.07, 6.45) is 1.31. The van der Waals surface area contributed by atoms with Crippen LogP contribution >= 0.6 is 0 Å². The molecule has 1 aliphatic heterocycles. The average Bonchev–Trinajstić information content (AvgIpc) is 2.40. The van der Waals surface area contributed by atoms with Crippen molar-refractivity contribution in [3.05, 3.63) is 30.3 Å². The smallest absolute Gasteiger partial charge is 0.294 e. The lowest BCUT2D eigenvalue weighted by Gasteiger charge is -2.38. The Kier molecular flexibility index (Phi) is 4.44. The molecule has 1 radical (unpaired) electrons. The molecule has 1 aliphatic rings. The molecule has 1 N–H and O–H groups in total. The summed E-state index contributed by atoms with van der Waals surface area (Å²) in [4.78, 5) is 0. The van der Waals surface area contributed by atoms with Crippen LogP contribution in [0.2, 0.25) is 0 Å². The molecule has 105 valence electrons. The number of morpholine rings is 1. The van der Waals surface area contributed by atoms with E-state index in [-0.39, 0.29) is 3.89 Å². The molecule has 2 rings (SSSR count). The molecule has 19 heavy (non-hydrogen) atoms. The highest BCUT2D eigenvalue weighted by Crippen LogP contribution is 2.17. The Morgan fingerprint density at radius 2 is 2.11 bits per heavy atom. The Bertz CT molecular complexity index is 496. The molecule has 5 nitrogen and oxygen atoms in total. The molecule has 0 amide bonds. The van der Waals surface area contributed by atoms with Gasteiger partial charge >= 0.3 is 0 Å². The lowest BCUT2D eigenvalue weighted by molar-refractivity contribution is -0.814. The summed E-state index contributed by atoms with van der Waals surface area (Å²) in [7, 11) is -3.13. The lowest BCUT2D eigenvalue weighted by atomic mass is 10.3. The lowest BCUT2D eigenvalue weighted by Crippen LogP contribution is -2.59. The van der Waals surface area contributed by atoms with E-state index in [1.54, 1.807) is 0 Å². The van der Waals surface area contributed by atoms with Gasteiger partial charge in [-0.3, -0.25) is 0 Å². The number of benzene rings is 1. The summed E-state index contributed by atoms with van der Waals surface area (Å²) in [5, 5.41) is 3.21. The van der Waals surface area contributed by atoms with Gasteiger partial charge in [0.15, 0.2) is 0 Å². The Balaban J connectivity index is 1.98. The second kappa shape index (κ2) is 5.90. The van der Waals surface area contributed by atoms with E-state index < -0.39 is 10.0 Å². The van der Waals surface area contributed by atoms with Gasteiger partial charge in [-0.15, -0.1) is 0 Å². The molecular formula is C13H20N2O3S+. The van der Waals surface area contributed by atoms with E-state index in [9.17, 15) is 8.42 Å². The van der Waals surface area contributed by atoms with E-state index in [1.807, 2.05) is 24.3 Å². The number of sulfonamides is 1. The molecule has 6 heteroatoms. The van der Waals surface area contributed by atoms with Crippen molar-refractivity contribution in [1.82, 2.24) is 0 Å². The fourth-order valence-electron chi connectivity index (χ4n) is 2.29. The summed E-state index contributed by atoms with van der Waals surface area (Å²) >= 11 is 0. The van der Waals surface area contributed by atoms with Crippen LogP contribution in [0.15, 0.2) is 24.3 Å². The number of para-hydroxylation sites is 1. The normalized spacial score (nSPS) is 19.0. The van der Waals surface area contributed by atoms with Crippen LogP contribution in [0.4, 0.5) is 5.69 Å². The van der Waals surface area contributed by atoms with Crippen molar-refractivity contribution in [2.45, 2.75) is 0 Å². The van der Waals surface area contributed by atoms with Gasteiger partial charge in [0.2, 0.25) is 0 Å². The standard InChI is InChI=1S/C13H20N2O3S/c1-19(16,17)15(9-11-18-12-10-15)8-7-14-13-5-3-2-4-6-13/h2-5,14H,7-12H2,1H3/q+1. The Labute approximate surface area is 114 Å². The van der Waals surface area contributed by atoms with Gasteiger partial charge in [0.1, 0.15) is 19.6 Å². The second-order valence-electron chi connectivity index (χ2n) is 4.78. The van der Waals surface area contributed by atoms with Gasteiger partial charge in [0, 0.05) is 11.8 Å². The molecule has 0 aliphatic carbocycles. The van der Waals surface area contributed by atoms with Crippen LogP contribution in [0.1, 0.15) is 0 Å². The van der Waals surface area contributed by atoms with Gasteiger partial charge in [0.25, 0.3) is 10.0 Å². The first-order valence-electron chi connectivity index (χ1n) is 6.38. The number of hydrogen-bond acceptors (Lipinski definition) is 4. The maximum Gasteiger partial charge on any atom is 0.294 e. The van der Waals surface area contributed by atoms with Crippen LogP contribution in [-0.4, -0.2) is 58.0 Å². The minimum atomic E-state index is -3.13. The van der Waals surface area contributed by atoms with E-state index in [0.29, 0.717) is 39.4 Å². The molecule has 0 atom stereocenters. The summed E-state index contributed by atoms with van der Waals surface area (Å²) < 4.78 is 29.4. The van der Waals surface area contributed by atoms with Crippen LogP contribution in [0, 0.1) is 6.07 Å². The van der Waals surface area contributed by atoms with Crippen molar-refractivity contribution in [3.63, 3.8) is 0 Å². The number of ether oxygens (including phenoxy) is 1. The van der Waals surface area contributed by atoms with E-state index in [2.05, 4.69) is 11.4 Å². The minimum Gasteiger partial charge on any atom is -0.379 e. The van der Waals surface area contributed by atoms with E-state index >= 15 is 0 Å². The van der Waals surface area contributed by atoms with Crippen LogP contribution in [0.5, 0.6) is 0 Å². The van der Waals surface area contributed by atoms with Gasteiger partial charge in [0.05, 0.1) is 26.0 Å². The van der Waals surface area contributed by atoms with Gasteiger partial charge in [-0.1, -0.05) is 18.2 Å². The van der Waals surface area contributed by atoms with Crippen LogP contribution in [0.25, 0.3) is 0 Å². The quantitative estimate of drug-likeness (QED) is 0.809. The van der Waals surface area contributed by atoms with Crippen LogP contribution in [-0.2, 0) is 14.8 Å². The maximum absolute atomic E-state index is 12.0. The predicted molar refractivity (Wildman–Crippen MR) is 74.3 cm³/mol. The molecule has 1 aromatic carbocycles. The van der Waals surface area contributed by atoms with Gasteiger partial charge in [-0.25, -0.2) is 3.89 Å². The second-order valence-corrected chi connectivity index (χ2v) is 7.02. The zero-order valence-corrected chi connectivity index (χ0v) is 11.9. The zero-order chi connectivity index (χ0) is 13.8. The van der Waals surface area contributed by atoms with Gasteiger partial charge < -0.3 is 10.1 Å². The monoisotopic (exact) mass is 284 g/mol. The molecule has 0 bridgehead atoms. The molecule has 1 saturated heterocycles. The van der Waals surface area contributed by atoms with Crippen molar-refractivity contribution < 1.29 is 17.0 Å². The van der Waals surface area contributed by atoms with Crippen molar-refractivity contribution >= 4 is 15.7 Å². The zero-order valence-electron chi connectivity index (χ0n) is 11.1. The van der Waals surface area contributed by atoms with Gasteiger partial charge in [-0.05, 0) is 6.07 Å². The van der Waals surface area contributed by atoms with Gasteiger partial charge in [-0.2, -0.15) is 8.42 Å². The first-order chi connectivity index (χ1) is 9.04. The summed E-state index contributed by atoms with van der Waals surface area (Å²) in [6.45, 7) is 3.21. The highest BCUT2D eigenvalue weighted by molar-refractivity contribution is 7.85. The topological polar surface area (TPSA) is 55.4 Å². The molecule has 0 saturated carbocycles. The van der Waals surface area contributed by atoms with Crippen molar-refractivity contribution in [1.29, 1.82) is 0 Å². The molecule has 0 spiro atoms. The SMILES string of the molecule is CS(=O)(=O)[N+]1(CCNc2[c]cccc2)CCOCC1. The Morgan fingerprint density at radius 3 is 2.68 bits per heavy atom. The number of hydrogen-bond donors (Lipinski definition) is 1. The van der Waals surface area contributed by atoms with Crippen molar-refractivity contribution in [3.8, 4) is 0 Å². The highest BCUT2D eigenvalue weighted by atomic mass is 32.2. The number of nitrogens with one attached hydrogen (secondary N) is 1. The Hall–Kier alpha value is -1.11. The third kappa shape index (κ3) is 3.46. The fourth-order valence-corrected chi connectivity index (χ4v) is 3.53. The van der Waals surface area contributed by atoms with Crippen LogP contribution < -0.4 is 5.32 Å². The summed E-state index contributed by atoms with van der Waals surface area (Å²) in [5.74, 6) is 0. The largest absolute Gasteiger partial charge is 0.379 e. The Morgan fingerprint density at radius 1 is 1.37 bits per heavy atom. The number of rotatable bonds is 5. The first-order valence-corrected chi connectivity index (χ1v) is 8.23. The molecule has 1 heterocycles. The molecule has 0 aromatic heterocycles. The van der Waals surface area contributed by atoms with Crippen molar-refractivity contribution in [2.24, 2.45) is 0 Å². The molecular weight excluding hydrogens is 264 g/mol. The minimum absolute atomic E-state index is 0.104. The van der Waals surface area contributed by atoms with E-state index in [0.717, 1.165) is 5.69 Å². The molecule has 1 fully saturated rings. The summed E-state index contributed by atoms with van der Waals surface area (Å²) in [5.41, 5.74) is 0.891. The fraction of sp³-hybridized carbons (Fsp3) is 0.538. The number of anilines is 1. The van der Waals surface area contributed by atoms with Crippen molar-refractivity contribution in [2.75, 3.05) is 51.0 Å². The maximum atomic E-state index is 12.0. The predicted octanol–water partition coefficient (Wildman–Crippen LogP) is 0.705. The third-order valence-corrected chi connectivity index (χ3v) is 5.49. The van der Waals surface area contributed by atoms with E-state index in [1.165, 1.54) is 6.26 Å². The van der Waals surface area contributed by atoms with Crippen LogP contribution in [0.3, 0.4) is 0 Å². The number of quaternary nitrogens is 1. The first kappa shape index (κ1) is 14.3. The highest BCUT2D eigenvalue weighted by Gasteiger charge is 2.39. The number of nitrogens with zero attached hydrogens (tertiary/aromatic N) is 1. The van der Waals surface area contributed by atoms with E-state index in [4.69, 9.17) is 4.74 Å². The third-order valence-electron chi connectivity index (χ3n) is 3.53. The average molecular weight is 284 g/mol. The molecule has 0 unspecified atom stereocenters.